The number of aliphatic hydroxyl groups is 1. The third kappa shape index (κ3) is 3.10. The Morgan fingerprint density at radius 3 is 3.05 bits per heavy atom. The van der Waals surface area contributed by atoms with E-state index in [1.807, 2.05) is 19.1 Å². The lowest BCUT2D eigenvalue weighted by Gasteiger charge is -2.38. The molecule has 112 valence electrons. The maximum atomic E-state index is 10.8. The molecule has 21 heavy (non-hydrogen) atoms. The normalized spacial score (nSPS) is 23.4. The molecule has 1 atom stereocenters. The molecular weight excluding hydrogens is 288 g/mol. The number of piperidine rings is 1. The van der Waals surface area contributed by atoms with Crippen LogP contribution in [0.25, 0.3) is 0 Å². The first kappa shape index (κ1) is 14.5. The summed E-state index contributed by atoms with van der Waals surface area (Å²) in [4.78, 5) is 2.25. The predicted molar refractivity (Wildman–Crippen MR) is 81.0 cm³/mol. The molecule has 0 radical (unpaired) electrons. The van der Waals surface area contributed by atoms with Gasteiger partial charge >= 0.3 is 0 Å². The monoisotopic (exact) mass is 306 g/mol. The van der Waals surface area contributed by atoms with E-state index in [0.29, 0.717) is 12.2 Å². The van der Waals surface area contributed by atoms with E-state index in [-0.39, 0.29) is 0 Å². The standard InChI is InChI=1S/C15H19ClN4O/c1-11-7-12(3-4-13(11)16)9-20-6-2-5-15(21,10-20)14-8-17-19-18-14/h3-4,7-8,21H,2,5-6,9-10H2,1H3,(H,17,18,19). The van der Waals surface area contributed by atoms with E-state index in [1.165, 1.54) is 5.56 Å². The van der Waals surface area contributed by atoms with E-state index in [2.05, 4.69) is 26.4 Å². The Morgan fingerprint density at radius 1 is 1.48 bits per heavy atom. The van der Waals surface area contributed by atoms with Crippen LogP contribution in [0.3, 0.4) is 0 Å². The van der Waals surface area contributed by atoms with E-state index in [4.69, 9.17) is 11.6 Å². The molecule has 0 spiro atoms. The van der Waals surface area contributed by atoms with Gasteiger partial charge < -0.3 is 5.11 Å². The Morgan fingerprint density at radius 2 is 2.33 bits per heavy atom. The van der Waals surface area contributed by atoms with E-state index in [0.717, 1.165) is 36.5 Å². The molecule has 1 saturated heterocycles. The molecule has 5 nitrogen and oxygen atoms in total. The summed E-state index contributed by atoms with van der Waals surface area (Å²) >= 11 is 6.06. The minimum Gasteiger partial charge on any atom is -0.382 e. The Kier molecular flexibility index (Phi) is 3.97. The average Bonchev–Trinajstić information content (AvgIpc) is 2.98. The number of H-pyrrole nitrogens is 1. The van der Waals surface area contributed by atoms with Crippen molar-refractivity contribution in [3.63, 3.8) is 0 Å². The lowest BCUT2D eigenvalue weighted by atomic mass is 9.90. The predicted octanol–water partition coefficient (Wildman–Crippen LogP) is 2.25. The minimum atomic E-state index is -0.910. The highest BCUT2D eigenvalue weighted by Crippen LogP contribution is 2.30. The largest absolute Gasteiger partial charge is 0.382 e. The van der Waals surface area contributed by atoms with Crippen molar-refractivity contribution in [2.24, 2.45) is 0 Å². The molecule has 0 aliphatic carbocycles. The molecule has 0 amide bonds. The first-order chi connectivity index (χ1) is 10.1. The van der Waals surface area contributed by atoms with Gasteiger partial charge in [-0.15, -0.1) is 0 Å². The summed E-state index contributed by atoms with van der Waals surface area (Å²) in [5.41, 5.74) is 2.01. The van der Waals surface area contributed by atoms with E-state index in [9.17, 15) is 5.11 Å². The first-order valence-corrected chi connectivity index (χ1v) is 7.51. The number of hydrogen-bond donors (Lipinski definition) is 2. The molecular formula is C15H19ClN4O. The van der Waals surface area contributed by atoms with Crippen molar-refractivity contribution in [2.75, 3.05) is 13.1 Å². The van der Waals surface area contributed by atoms with Gasteiger partial charge in [-0.1, -0.05) is 23.7 Å². The molecule has 2 aromatic rings. The molecule has 3 rings (SSSR count). The van der Waals surface area contributed by atoms with Gasteiger partial charge in [0, 0.05) is 18.1 Å². The Hall–Kier alpha value is -1.43. The zero-order valence-electron chi connectivity index (χ0n) is 12.0. The summed E-state index contributed by atoms with van der Waals surface area (Å²) < 4.78 is 0. The minimum absolute atomic E-state index is 0.571. The van der Waals surface area contributed by atoms with Gasteiger partial charge in [0.25, 0.3) is 0 Å². The highest BCUT2D eigenvalue weighted by atomic mass is 35.5. The van der Waals surface area contributed by atoms with Gasteiger partial charge in [-0.3, -0.25) is 4.90 Å². The van der Waals surface area contributed by atoms with Gasteiger partial charge in [0.15, 0.2) is 0 Å². The summed E-state index contributed by atoms with van der Waals surface area (Å²) in [5, 5.41) is 22.0. The van der Waals surface area contributed by atoms with Crippen molar-refractivity contribution in [1.29, 1.82) is 0 Å². The smallest absolute Gasteiger partial charge is 0.123 e. The van der Waals surface area contributed by atoms with Crippen molar-refractivity contribution >= 4 is 11.6 Å². The molecule has 0 saturated carbocycles. The van der Waals surface area contributed by atoms with Crippen molar-refractivity contribution < 1.29 is 5.11 Å². The topological polar surface area (TPSA) is 65.0 Å². The summed E-state index contributed by atoms with van der Waals surface area (Å²) in [5.74, 6) is 0. The fourth-order valence-electron chi connectivity index (χ4n) is 2.96. The lowest BCUT2D eigenvalue weighted by molar-refractivity contribution is -0.0414. The van der Waals surface area contributed by atoms with E-state index >= 15 is 0 Å². The summed E-state index contributed by atoms with van der Waals surface area (Å²) in [7, 11) is 0. The van der Waals surface area contributed by atoms with Crippen molar-refractivity contribution in [1.82, 2.24) is 20.3 Å². The van der Waals surface area contributed by atoms with Crippen LogP contribution in [0.4, 0.5) is 0 Å². The van der Waals surface area contributed by atoms with Crippen LogP contribution in [-0.4, -0.2) is 38.5 Å². The number of aryl methyl sites for hydroxylation is 1. The number of nitrogens with one attached hydrogen (secondary N) is 1. The number of rotatable bonds is 3. The molecule has 1 aliphatic heterocycles. The van der Waals surface area contributed by atoms with Crippen LogP contribution in [0.1, 0.15) is 29.7 Å². The second kappa shape index (κ2) is 5.75. The SMILES string of the molecule is Cc1cc(CN2CCCC(O)(c3cn[nH]n3)C2)ccc1Cl. The summed E-state index contributed by atoms with van der Waals surface area (Å²) in [6.45, 7) is 4.36. The van der Waals surface area contributed by atoms with Gasteiger partial charge in [-0.05, 0) is 43.5 Å². The highest BCUT2D eigenvalue weighted by Gasteiger charge is 2.37. The number of aromatic nitrogens is 3. The zero-order chi connectivity index (χ0) is 14.9. The molecule has 6 heteroatoms. The molecule has 2 N–H and O–H groups in total. The third-order valence-corrected chi connectivity index (χ3v) is 4.49. The van der Waals surface area contributed by atoms with Gasteiger partial charge in [0.2, 0.25) is 0 Å². The van der Waals surface area contributed by atoms with Crippen LogP contribution in [0, 0.1) is 6.92 Å². The molecule has 1 aliphatic rings. The quantitative estimate of drug-likeness (QED) is 0.913. The number of aromatic amines is 1. The fourth-order valence-corrected chi connectivity index (χ4v) is 3.07. The van der Waals surface area contributed by atoms with Crippen molar-refractivity contribution in [3.8, 4) is 0 Å². The van der Waals surface area contributed by atoms with Crippen LogP contribution in [-0.2, 0) is 12.1 Å². The van der Waals surface area contributed by atoms with Crippen molar-refractivity contribution in [2.45, 2.75) is 31.9 Å². The Bertz CT molecular complexity index is 616. The fraction of sp³-hybridized carbons (Fsp3) is 0.467. The number of β-amino-alcohol motifs (C(OH)–C–C–N with tert-alkyl or cyclic N) is 1. The zero-order valence-corrected chi connectivity index (χ0v) is 12.8. The van der Waals surface area contributed by atoms with Crippen LogP contribution < -0.4 is 0 Å². The van der Waals surface area contributed by atoms with Crippen molar-refractivity contribution in [3.05, 3.63) is 46.2 Å². The maximum absolute atomic E-state index is 10.8. The number of benzene rings is 1. The first-order valence-electron chi connectivity index (χ1n) is 7.13. The average molecular weight is 307 g/mol. The molecule has 1 aromatic heterocycles. The van der Waals surface area contributed by atoms with Crippen LogP contribution in [0.15, 0.2) is 24.4 Å². The van der Waals surface area contributed by atoms with Crippen LogP contribution >= 0.6 is 11.6 Å². The maximum Gasteiger partial charge on any atom is 0.123 e. The number of halogens is 1. The van der Waals surface area contributed by atoms with Crippen LogP contribution in [0.5, 0.6) is 0 Å². The molecule has 1 aromatic carbocycles. The van der Waals surface area contributed by atoms with Crippen LogP contribution in [0.2, 0.25) is 5.02 Å². The molecule has 0 bridgehead atoms. The Labute approximate surface area is 128 Å². The van der Waals surface area contributed by atoms with E-state index in [1.54, 1.807) is 6.20 Å². The molecule has 1 fully saturated rings. The number of likely N-dealkylation sites (tertiary alicyclic amines) is 1. The molecule has 2 heterocycles. The lowest BCUT2D eigenvalue weighted by Crippen LogP contribution is -2.45. The summed E-state index contributed by atoms with van der Waals surface area (Å²) in [6, 6.07) is 6.07. The second-order valence-electron chi connectivity index (χ2n) is 5.78. The van der Waals surface area contributed by atoms with Gasteiger partial charge in [-0.2, -0.15) is 15.4 Å². The van der Waals surface area contributed by atoms with Gasteiger partial charge in [-0.25, -0.2) is 0 Å². The second-order valence-corrected chi connectivity index (χ2v) is 6.19. The molecule has 1 unspecified atom stereocenters. The third-order valence-electron chi connectivity index (χ3n) is 4.07. The number of nitrogens with zero attached hydrogens (tertiary/aromatic N) is 3. The number of hydrogen-bond acceptors (Lipinski definition) is 4. The Balaban J connectivity index is 1.73. The van der Waals surface area contributed by atoms with Gasteiger partial charge in [0.05, 0.1) is 6.20 Å². The highest BCUT2D eigenvalue weighted by molar-refractivity contribution is 6.31. The van der Waals surface area contributed by atoms with E-state index < -0.39 is 5.60 Å². The summed E-state index contributed by atoms with van der Waals surface area (Å²) in [6.07, 6.45) is 3.27. The van der Waals surface area contributed by atoms with Gasteiger partial charge in [0.1, 0.15) is 11.3 Å².